The van der Waals surface area contributed by atoms with Gasteiger partial charge in [0.15, 0.2) is 0 Å². The number of rotatable bonds is 10. The number of nitrogens with one attached hydrogen (secondary N) is 1. The summed E-state index contributed by atoms with van der Waals surface area (Å²) in [5, 5.41) is 11.0. The van der Waals surface area contributed by atoms with Crippen molar-refractivity contribution in [1.82, 2.24) is 30.1 Å². The zero-order chi connectivity index (χ0) is 32.3. The number of alkyl halides is 3. The van der Waals surface area contributed by atoms with Crippen LogP contribution in [-0.2, 0) is 34.4 Å². The number of likely N-dealkylation sites (tertiary alicyclic amines) is 2. The number of halogens is 3. The Labute approximate surface area is 258 Å². The highest BCUT2D eigenvalue weighted by Gasteiger charge is 2.47. The van der Waals surface area contributed by atoms with Gasteiger partial charge in [0.05, 0.1) is 18.7 Å². The molecule has 3 amide bonds. The Morgan fingerprint density at radius 3 is 2.56 bits per heavy atom. The summed E-state index contributed by atoms with van der Waals surface area (Å²) in [4.78, 5) is 42.1. The van der Waals surface area contributed by atoms with Gasteiger partial charge in [-0.1, -0.05) is 23.4 Å². The fraction of sp³-hybridized carbons (Fsp3) is 0.516. The van der Waals surface area contributed by atoms with Gasteiger partial charge < -0.3 is 25.6 Å². The third-order valence-electron chi connectivity index (χ3n) is 8.74. The van der Waals surface area contributed by atoms with Gasteiger partial charge in [-0.15, -0.1) is 5.10 Å². The number of carbonyl (C=O) groups excluding carboxylic acids is 3. The molecule has 2 aliphatic heterocycles. The molecule has 2 aliphatic rings. The number of amides is 3. The van der Waals surface area contributed by atoms with Crippen molar-refractivity contribution in [3.63, 3.8) is 0 Å². The smallest absolute Gasteiger partial charge is 0.408 e. The maximum atomic E-state index is 13.6. The highest BCUT2D eigenvalue weighted by atomic mass is 19.4. The molecule has 0 saturated carbocycles. The second-order valence-electron chi connectivity index (χ2n) is 11.8. The second kappa shape index (κ2) is 13.4. The van der Waals surface area contributed by atoms with Crippen molar-refractivity contribution in [3.8, 4) is 5.75 Å². The van der Waals surface area contributed by atoms with Crippen LogP contribution < -0.4 is 15.8 Å². The fourth-order valence-corrected chi connectivity index (χ4v) is 6.33. The first-order valence-corrected chi connectivity index (χ1v) is 15.1. The normalized spacial score (nSPS) is 20.9. The fourth-order valence-electron chi connectivity index (χ4n) is 6.33. The van der Waals surface area contributed by atoms with Crippen molar-refractivity contribution >= 4 is 28.8 Å². The molecule has 0 radical (unpaired) electrons. The Morgan fingerprint density at radius 1 is 1.11 bits per heavy atom. The van der Waals surface area contributed by atoms with Crippen LogP contribution in [0.4, 0.5) is 13.2 Å². The number of hydrogen-bond acceptors (Lipinski definition) is 7. The van der Waals surface area contributed by atoms with E-state index in [0.717, 1.165) is 27.3 Å². The lowest BCUT2D eigenvalue weighted by atomic mass is 9.96. The van der Waals surface area contributed by atoms with Gasteiger partial charge in [0.1, 0.15) is 23.3 Å². The monoisotopic (exact) mass is 629 g/mol. The Morgan fingerprint density at radius 2 is 1.84 bits per heavy atom. The molecule has 0 aliphatic carbocycles. The van der Waals surface area contributed by atoms with Crippen LogP contribution in [0.15, 0.2) is 42.5 Å². The van der Waals surface area contributed by atoms with E-state index in [2.05, 4.69) is 15.6 Å². The van der Waals surface area contributed by atoms with Crippen LogP contribution in [0.5, 0.6) is 5.75 Å². The minimum atomic E-state index is -4.50. The molecule has 2 aromatic carbocycles. The lowest BCUT2D eigenvalue weighted by Gasteiger charge is -2.28. The Hall–Kier alpha value is -4.20. The maximum absolute atomic E-state index is 13.6. The highest BCUT2D eigenvalue weighted by Crippen LogP contribution is 2.33. The molecule has 0 bridgehead atoms. The summed E-state index contributed by atoms with van der Waals surface area (Å²) in [6.45, 7) is 0.513. The molecule has 2 fully saturated rings. The quantitative estimate of drug-likeness (QED) is 0.352. The number of benzene rings is 2. The Balaban J connectivity index is 1.25. The van der Waals surface area contributed by atoms with Crippen molar-refractivity contribution in [1.29, 1.82) is 0 Å². The molecule has 1 aromatic heterocycles. The first-order valence-electron chi connectivity index (χ1n) is 15.1. The number of carbonyl (C=O) groups is 3. The molecule has 14 heteroatoms. The third-order valence-corrected chi connectivity index (χ3v) is 8.74. The van der Waals surface area contributed by atoms with Crippen molar-refractivity contribution in [3.05, 3.63) is 53.6 Å². The first kappa shape index (κ1) is 32.2. The maximum Gasteiger partial charge on any atom is 0.408 e. The number of hydrogen-bond donors (Lipinski definition) is 2. The molecule has 45 heavy (non-hydrogen) atoms. The van der Waals surface area contributed by atoms with E-state index in [9.17, 15) is 27.6 Å². The van der Waals surface area contributed by atoms with Gasteiger partial charge in [0, 0.05) is 33.1 Å². The second-order valence-corrected chi connectivity index (χ2v) is 11.8. The van der Waals surface area contributed by atoms with Gasteiger partial charge >= 0.3 is 6.18 Å². The molecular formula is C31H38F3N7O4. The van der Waals surface area contributed by atoms with Crippen LogP contribution in [0.1, 0.15) is 43.2 Å². The number of methoxy groups -OCH3 is 1. The summed E-state index contributed by atoms with van der Waals surface area (Å²) >= 11 is 0. The molecular weight excluding hydrogens is 591 g/mol. The van der Waals surface area contributed by atoms with Gasteiger partial charge in [0.2, 0.25) is 17.7 Å². The molecule has 3 aromatic rings. The number of nitrogens with two attached hydrogens (primary N) is 1. The minimum Gasteiger partial charge on any atom is -0.497 e. The minimum absolute atomic E-state index is 0.0252. The van der Waals surface area contributed by atoms with E-state index in [1.54, 1.807) is 18.8 Å². The Kier molecular flexibility index (Phi) is 9.61. The molecule has 2 saturated heterocycles. The van der Waals surface area contributed by atoms with E-state index in [0.29, 0.717) is 18.4 Å². The standard InChI is InChI=1S/C31H38F3N7O4/c1-39-25-11-7-20(15-24(25)37-38-39)17-36-29(43)26-16-21(14-19-5-8-22(45-2)9-6-19)18-41(26)30(44)23(35)10-12-28(42)40-13-3-4-27(40)31(32,33)34/h5-9,11,15,21,23,26-27H,3-4,10,12-14,16-18,35H2,1-2H3,(H,36,43)/t21-,23-,26+,27?/m1/s1. The number of ether oxygens (including phenoxy) is 1. The molecule has 0 spiro atoms. The molecule has 3 heterocycles. The van der Waals surface area contributed by atoms with Crippen LogP contribution in [0.25, 0.3) is 11.0 Å². The van der Waals surface area contributed by atoms with Gasteiger partial charge in [-0.2, -0.15) is 13.2 Å². The molecule has 1 unspecified atom stereocenters. The molecule has 5 rings (SSSR count). The van der Waals surface area contributed by atoms with Crippen LogP contribution in [0, 0.1) is 5.92 Å². The zero-order valence-corrected chi connectivity index (χ0v) is 25.3. The zero-order valence-electron chi connectivity index (χ0n) is 25.3. The first-order chi connectivity index (χ1) is 21.4. The number of fused-ring (bicyclic) bond motifs is 1. The summed E-state index contributed by atoms with van der Waals surface area (Å²) < 4.78 is 47.0. The van der Waals surface area contributed by atoms with Crippen LogP contribution >= 0.6 is 0 Å². The average molecular weight is 630 g/mol. The van der Waals surface area contributed by atoms with Crippen molar-refractivity contribution in [2.45, 2.75) is 69.4 Å². The Bertz CT molecular complexity index is 1530. The predicted molar refractivity (Wildman–Crippen MR) is 159 cm³/mol. The largest absolute Gasteiger partial charge is 0.497 e. The van der Waals surface area contributed by atoms with E-state index in [1.165, 1.54) is 4.90 Å². The number of nitrogens with zero attached hydrogens (tertiary/aromatic N) is 5. The summed E-state index contributed by atoms with van der Waals surface area (Å²) in [6.07, 6.45) is -3.75. The molecule has 11 nitrogen and oxygen atoms in total. The topological polar surface area (TPSA) is 136 Å². The number of aryl methyl sites for hydroxylation is 1. The van der Waals surface area contributed by atoms with E-state index in [4.69, 9.17) is 10.5 Å². The van der Waals surface area contributed by atoms with Crippen LogP contribution in [0.3, 0.4) is 0 Å². The number of aromatic nitrogens is 3. The summed E-state index contributed by atoms with van der Waals surface area (Å²) in [5.41, 5.74) is 9.61. The highest BCUT2D eigenvalue weighted by molar-refractivity contribution is 5.91. The van der Waals surface area contributed by atoms with Crippen LogP contribution in [-0.4, -0.2) is 87.0 Å². The van der Waals surface area contributed by atoms with E-state index < -0.39 is 36.1 Å². The molecule has 242 valence electrons. The SMILES string of the molecule is COc1ccc(C[C@@H]2C[C@@H](C(=O)NCc3ccc4c(c3)nnn4C)N(C(=O)[C@H](N)CCC(=O)N3CCCC3C(F)(F)F)C2)cc1. The summed E-state index contributed by atoms with van der Waals surface area (Å²) in [7, 11) is 3.37. The average Bonchev–Trinajstić information content (AvgIpc) is 3.77. The lowest BCUT2D eigenvalue weighted by Crippen LogP contribution is -2.51. The van der Waals surface area contributed by atoms with Gasteiger partial charge in [-0.3, -0.25) is 14.4 Å². The third kappa shape index (κ3) is 7.38. The summed E-state index contributed by atoms with van der Waals surface area (Å²) in [6, 6.07) is 9.39. The van der Waals surface area contributed by atoms with Crippen molar-refractivity contribution in [2.75, 3.05) is 20.2 Å². The van der Waals surface area contributed by atoms with Crippen molar-refractivity contribution < 1.29 is 32.3 Å². The lowest BCUT2D eigenvalue weighted by molar-refractivity contribution is -0.182. The van der Waals surface area contributed by atoms with E-state index >= 15 is 0 Å². The predicted octanol–water partition coefficient (Wildman–Crippen LogP) is 2.71. The summed E-state index contributed by atoms with van der Waals surface area (Å²) in [5.74, 6) is -0.843. The van der Waals surface area contributed by atoms with Crippen molar-refractivity contribution in [2.24, 2.45) is 18.7 Å². The molecule has 4 atom stereocenters. The van der Waals surface area contributed by atoms with Gasteiger partial charge in [-0.05, 0) is 73.4 Å². The van der Waals surface area contributed by atoms with E-state index in [-0.39, 0.29) is 57.1 Å². The van der Waals surface area contributed by atoms with E-state index in [1.807, 2.05) is 42.5 Å². The van der Waals surface area contributed by atoms with Gasteiger partial charge in [0.25, 0.3) is 0 Å². The molecule has 3 N–H and O–H groups in total. The van der Waals surface area contributed by atoms with Crippen LogP contribution in [0.2, 0.25) is 0 Å². The van der Waals surface area contributed by atoms with Gasteiger partial charge in [-0.25, -0.2) is 4.68 Å².